The van der Waals surface area contributed by atoms with Gasteiger partial charge in [-0.1, -0.05) is 6.58 Å². The Bertz CT molecular complexity index is 200. The van der Waals surface area contributed by atoms with Crippen molar-refractivity contribution < 1.29 is 10.2 Å². The van der Waals surface area contributed by atoms with Gasteiger partial charge in [-0.15, -0.1) is 0 Å². The lowest BCUT2D eigenvalue weighted by Gasteiger charge is -2.23. The van der Waals surface area contributed by atoms with E-state index in [9.17, 15) is 10.2 Å². The van der Waals surface area contributed by atoms with Crippen molar-refractivity contribution >= 4 is 0 Å². The zero-order valence-corrected chi connectivity index (χ0v) is 6.58. The molecule has 2 aliphatic rings. The Morgan fingerprint density at radius 1 is 1.55 bits per heavy atom. The van der Waals surface area contributed by atoms with Crippen molar-refractivity contribution in [1.29, 1.82) is 0 Å². The van der Waals surface area contributed by atoms with Crippen LogP contribution in [0.25, 0.3) is 0 Å². The largest absolute Gasteiger partial charge is 0.389 e. The standard InChI is InChI=1S/C9H14O2/c1-6-8(10)5-7-3-2-4-9(6,7)11/h7-8,10-11H,1-5H2/t7-,8-,9-/m1/s1. The van der Waals surface area contributed by atoms with E-state index in [4.69, 9.17) is 0 Å². The molecule has 0 unspecified atom stereocenters. The molecule has 0 saturated heterocycles. The minimum absolute atomic E-state index is 0.282. The van der Waals surface area contributed by atoms with E-state index < -0.39 is 11.7 Å². The lowest BCUT2D eigenvalue weighted by atomic mass is 9.92. The zero-order chi connectivity index (χ0) is 8.06. The first-order valence-corrected chi connectivity index (χ1v) is 4.24. The molecule has 2 N–H and O–H groups in total. The first-order valence-electron chi connectivity index (χ1n) is 4.24. The fraction of sp³-hybridized carbons (Fsp3) is 0.778. The van der Waals surface area contributed by atoms with Crippen molar-refractivity contribution in [2.75, 3.05) is 0 Å². The van der Waals surface area contributed by atoms with Gasteiger partial charge in [0.25, 0.3) is 0 Å². The van der Waals surface area contributed by atoms with Crippen LogP contribution in [0.1, 0.15) is 25.7 Å². The van der Waals surface area contributed by atoms with Gasteiger partial charge in [-0.05, 0) is 37.2 Å². The normalized spacial score (nSPS) is 49.8. The molecule has 62 valence electrons. The van der Waals surface area contributed by atoms with Crippen LogP contribution in [0.15, 0.2) is 12.2 Å². The van der Waals surface area contributed by atoms with Gasteiger partial charge in [0.15, 0.2) is 0 Å². The number of rotatable bonds is 0. The van der Waals surface area contributed by atoms with Crippen LogP contribution in [0.4, 0.5) is 0 Å². The van der Waals surface area contributed by atoms with Gasteiger partial charge < -0.3 is 10.2 Å². The molecule has 2 rings (SSSR count). The van der Waals surface area contributed by atoms with Gasteiger partial charge in [0.05, 0.1) is 11.7 Å². The summed E-state index contributed by atoms with van der Waals surface area (Å²) in [5.74, 6) is 0.282. The van der Waals surface area contributed by atoms with Crippen LogP contribution in [0.2, 0.25) is 0 Å². The number of hydrogen-bond donors (Lipinski definition) is 2. The van der Waals surface area contributed by atoms with Gasteiger partial charge >= 0.3 is 0 Å². The molecule has 0 aromatic heterocycles. The van der Waals surface area contributed by atoms with Gasteiger partial charge in [0.1, 0.15) is 0 Å². The Hall–Kier alpha value is -0.340. The molecule has 11 heavy (non-hydrogen) atoms. The Morgan fingerprint density at radius 2 is 2.27 bits per heavy atom. The van der Waals surface area contributed by atoms with Crippen molar-refractivity contribution in [3.05, 3.63) is 12.2 Å². The van der Waals surface area contributed by atoms with Crippen LogP contribution in [-0.2, 0) is 0 Å². The van der Waals surface area contributed by atoms with Gasteiger partial charge in [-0.25, -0.2) is 0 Å². The third-order valence-corrected chi connectivity index (χ3v) is 3.25. The molecule has 0 aromatic rings. The molecule has 3 atom stereocenters. The zero-order valence-electron chi connectivity index (χ0n) is 6.58. The van der Waals surface area contributed by atoms with Crippen LogP contribution in [0, 0.1) is 5.92 Å². The van der Waals surface area contributed by atoms with E-state index in [1.807, 2.05) is 0 Å². The Kier molecular flexibility index (Phi) is 1.38. The number of aliphatic hydroxyl groups is 2. The Morgan fingerprint density at radius 3 is 2.91 bits per heavy atom. The predicted molar refractivity (Wildman–Crippen MR) is 42.1 cm³/mol. The van der Waals surface area contributed by atoms with E-state index >= 15 is 0 Å². The highest BCUT2D eigenvalue weighted by molar-refractivity contribution is 5.27. The van der Waals surface area contributed by atoms with Crippen molar-refractivity contribution in [2.45, 2.75) is 37.4 Å². The van der Waals surface area contributed by atoms with Crippen molar-refractivity contribution in [1.82, 2.24) is 0 Å². The van der Waals surface area contributed by atoms with Crippen LogP contribution in [0.3, 0.4) is 0 Å². The predicted octanol–water partition coefficient (Wildman–Crippen LogP) is 0.838. The summed E-state index contributed by atoms with van der Waals surface area (Å²) >= 11 is 0. The van der Waals surface area contributed by atoms with E-state index in [0.717, 1.165) is 25.7 Å². The smallest absolute Gasteiger partial charge is 0.0907 e. The Labute approximate surface area is 66.5 Å². The molecule has 2 saturated carbocycles. The number of fused-ring (bicyclic) bond motifs is 1. The summed E-state index contributed by atoms with van der Waals surface area (Å²) in [6.07, 6.45) is 3.19. The van der Waals surface area contributed by atoms with Crippen LogP contribution in [0.5, 0.6) is 0 Å². The SMILES string of the molecule is C=C1[C@H](O)C[C@H]2CCC[C@@]12O. The van der Waals surface area contributed by atoms with E-state index in [1.54, 1.807) is 0 Å². The number of hydrogen-bond acceptors (Lipinski definition) is 2. The summed E-state index contributed by atoms with van der Waals surface area (Å²) in [5.41, 5.74) is -0.0561. The van der Waals surface area contributed by atoms with Crippen LogP contribution >= 0.6 is 0 Å². The minimum atomic E-state index is -0.709. The first-order chi connectivity index (χ1) is 5.14. The van der Waals surface area contributed by atoms with Crippen LogP contribution < -0.4 is 0 Å². The van der Waals surface area contributed by atoms with Crippen LogP contribution in [-0.4, -0.2) is 21.9 Å². The van der Waals surface area contributed by atoms with Gasteiger partial charge in [0, 0.05) is 0 Å². The summed E-state index contributed by atoms with van der Waals surface area (Å²) in [4.78, 5) is 0. The topological polar surface area (TPSA) is 40.5 Å². The lowest BCUT2D eigenvalue weighted by molar-refractivity contribution is 0.0577. The summed E-state index contributed by atoms with van der Waals surface area (Å²) in [7, 11) is 0. The molecule has 2 heteroatoms. The lowest BCUT2D eigenvalue weighted by Crippen LogP contribution is -2.30. The maximum Gasteiger partial charge on any atom is 0.0907 e. The molecule has 0 spiro atoms. The maximum absolute atomic E-state index is 10.0. The molecule has 2 nitrogen and oxygen atoms in total. The Balaban J connectivity index is 2.30. The highest BCUT2D eigenvalue weighted by Gasteiger charge is 2.51. The quantitative estimate of drug-likeness (QED) is 0.507. The molecular weight excluding hydrogens is 140 g/mol. The number of aliphatic hydroxyl groups excluding tert-OH is 1. The van der Waals surface area contributed by atoms with Gasteiger partial charge in [-0.2, -0.15) is 0 Å². The molecule has 0 aromatic carbocycles. The van der Waals surface area contributed by atoms with Crippen molar-refractivity contribution in [2.24, 2.45) is 5.92 Å². The molecule has 2 aliphatic carbocycles. The summed E-state index contributed by atoms with van der Waals surface area (Å²) in [6, 6.07) is 0. The third-order valence-electron chi connectivity index (χ3n) is 3.25. The fourth-order valence-electron chi connectivity index (χ4n) is 2.50. The average molecular weight is 154 g/mol. The second kappa shape index (κ2) is 2.08. The average Bonchev–Trinajstić information content (AvgIpc) is 2.39. The highest BCUT2D eigenvalue weighted by Crippen LogP contribution is 2.49. The fourth-order valence-corrected chi connectivity index (χ4v) is 2.50. The molecule has 0 radical (unpaired) electrons. The second-order valence-corrected chi connectivity index (χ2v) is 3.79. The van der Waals surface area contributed by atoms with E-state index in [1.165, 1.54) is 0 Å². The third kappa shape index (κ3) is 0.797. The van der Waals surface area contributed by atoms with E-state index in [2.05, 4.69) is 6.58 Å². The van der Waals surface area contributed by atoms with E-state index in [-0.39, 0.29) is 5.92 Å². The van der Waals surface area contributed by atoms with Gasteiger partial charge in [-0.3, -0.25) is 0 Å². The van der Waals surface area contributed by atoms with E-state index in [0.29, 0.717) is 5.57 Å². The van der Waals surface area contributed by atoms with Crippen molar-refractivity contribution in [3.8, 4) is 0 Å². The molecule has 0 aliphatic heterocycles. The maximum atomic E-state index is 10.0. The minimum Gasteiger partial charge on any atom is -0.389 e. The van der Waals surface area contributed by atoms with Gasteiger partial charge in [0.2, 0.25) is 0 Å². The molecular formula is C9H14O2. The van der Waals surface area contributed by atoms with Crippen molar-refractivity contribution in [3.63, 3.8) is 0 Å². The summed E-state index contributed by atoms with van der Waals surface area (Å²) < 4.78 is 0. The molecule has 2 fully saturated rings. The highest BCUT2D eigenvalue weighted by atomic mass is 16.3. The molecule has 0 bridgehead atoms. The second-order valence-electron chi connectivity index (χ2n) is 3.79. The summed E-state index contributed by atoms with van der Waals surface area (Å²) in [5, 5.41) is 19.4. The molecule has 0 heterocycles. The first kappa shape index (κ1) is 7.32. The summed E-state index contributed by atoms with van der Waals surface area (Å²) in [6.45, 7) is 3.75. The molecule has 0 amide bonds. The monoisotopic (exact) mass is 154 g/mol.